The molecule has 0 unspecified atom stereocenters. The molecule has 0 fully saturated rings. The molecular formula is C22H20N4O. The average molecular weight is 356 g/mol. The lowest BCUT2D eigenvalue weighted by molar-refractivity contribution is 0.0954. The van der Waals surface area contributed by atoms with Crippen LogP contribution >= 0.6 is 0 Å². The summed E-state index contributed by atoms with van der Waals surface area (Å²) in [5.74, 6) is -0.0653. The molecule has 0 aliphatic heterocycles. The second-order valence-electron chi connectivity index (χ2n) is 6.27. The maximum absolute atomic E-state index is 12.3. The van der Waals surface area contributed by atoms with Gasteiger partial charge in [-0.05, 0) is 60.5 Å². The van der Waals surface area contributed by atoms with Crippen LogP contribution in [0.1, 0.15) is 15.9 Å². The van der Waals surface area contributed by atoms with Crippen molar-refractivity contribution in [3.8, 4) is 11.4 Å². The normalized spacial score (nSPS) is 10.7. The summed E-state index contributed by atoms with van der Waals surface area (Å²) in [5, 5.41) is 7.35. The van der Waals surface area contributed by atoms with Crippen LogP contribution in [0.3, 0.4) is 0 Å². The van der Waals surface area contributed by atoms with E-state index >= 15 is 0 Å². The molecule has 27 heavy (non-hydrogen) atoms. The molecule has 1 amide bonds. The van der Waals surface area contributed by atoms with Crippen molar-refractivity contribution in [2.75, 3.05) is 6.54 Å². The van der Waals surface area contributed by atoms with Gasteiger partial charge in [0.15, 0.2) is 0 Å². The highest BCUT2D eigenvalue weighted by Gasteiger charge is 2.06. The number of hydrogen-bond acceptors (Lipinski definition) is 2. The zero-order valence-electron chi connectivity index (χ0n) is 14.8. The van der Waals surface area contributed by atoms with Crippen molar-refractivity contribution in [3.63, 3.8) is 0 Å². The second kappa shape index (κ2) is 7.74. The Hall–Kier alpha value is -3.60. The van der Waals surface area contributed by atoms with E-state index in [2.05, 4.69) is 10.4 Å². The highest BCUT2D eigenvalue weighted by atomic mass is 16.1. The number of carbonyl (C=O) groups excluding carboxylic acids is 1. The largest absolute Gasteiger partial charge is 0.352 e. The van der Waals surface area contributed by atoms with Crippen molar-refractivity contribution in [2.24, 2.45) is 0 Å². The predicted molar refractivity (Wildman–Crippen MR) is 105 cm³/mol. The Morgan fingerprint density at radius 2 is 1.63 bits per heavy atom. The van der Waals surface area contributed by atoms with E-state index in [1.54, 1.807) is 0 Å². The van der Waals surface area contributed by atoms with Crippen LogP contribution < -0.4 is 5.32 Å². The standard InChI is InChI=1S/C22H20N4O/c27-22(19-8-10-20(11-9-19)25-14-4-5-15-25)23-13-12-18-16-24-26(17-18)21-6-2-1-3-7-21/h1-11,14-17H,12-13H2,(H,23,27). The van der Waals surface area contributed by atoms with Gasteiger partial charge in [0.25, 0.3) is 5.91 Å². The number of nitrogens with zero attached hydrogens (tertiary/aromatic N) is 3. The van der Waals surface area contributed by atoms with Crippen molar-refractivity contribution >= 4 is 5.91 Å². The minimum absolute atomic E-state index is 0.0653. The summed E-state index contributed by atoms with van der Waals surface area (Å²) >= 11 is 0. The summed E-state index contributed by atoms with van der Waals surface area (Å²) < 4.78 is 3.85. The molecule has 0 aliphatic rings. The molecule has 4 aromatic rings. The van der Waals surface area contributed by atoms with E-state index in [0.717, 1.165) is 23.4 Å². The summed E-state index contributed by atoms with van der Waals surface area (Å²) in [5.41, 5.74) is 3.80. The van der Waals surface area contributed by atoms with Gasteiger partial charge < -0.3 is 9.88 Å². The van der Waals surface area contributed by atoms with Gasteiger partial charge in [0.05, 0.1) is 11.9 Å². The van der Waals surface area contributed by atoms with Crippen LogP contribution in [0.2, 0.25) is 0 Å². The maximum Gasteiger partial charge on any atom is 0.251 e. The van der Waals surface area contributed by atoms with Crippen LogP contribution in [0.4, 0.5) is 0 Å². The van der Waals surface area contributed by atoms with E-state index in [1.165, 1.54) is 0 Å². The first-order chi connectivity index (χ1) is 13.3. The van der Waals surface area contributed by atoms with Crippen LogP contribution in [0.5, 0.6) is 0 Å². The number of benzene rings is 2. The van der Waals surface area contributed by atoms with Crippen LogP contribution in [0, 0.1) is 0 Å². The van der Waals surface area contributed by atoms with Crippen molar-refractivity contribution in [1.29, 1.82) is 0 Å². The molecule has 2 heterocycles. The molecule has 0 saturated carbocycles. The van der Waals surface area contributed by atoms with Gasteiger partial charge in [-0.15, -0.1) is 0 Å². The number of aromatic nitrogens is 3. The van der Waals surface area contributed by atoms with Gasteiger partial charge in [-0.1, -0.05) is 18.2 Å². The van der Waals surface area contributed by atoms with E-state index in [-0.39, 0.29) is 5.91 Å². The quantitative estimate of drug-likeness (QED) is 0.573. The molecule has 5 heteroatoms. The number of amides is 1. The van der Waals surface area contributed by atoms with Crippen LogP contribution in [-0.2, 0) is 6.42 Å². The molecule has 2 aromatic heterocycles. The number of hydrogen-bond donors (Lipinski definition) is 1. The molecule has 0 bridgehead atoms. The Balaban J connectivity index is 1.31. The Morgan fingerprint density at radius 1 is 0.889 bits per heavy atom. The third kappa shape index (κ3) is 3.98. The fraction of sp³-hybridized carbons (Fsp3) is 0.0909. The third-order valence-corrected chi connectivity index (χ3v) is 4.39. The average Bonchev–Trinajstić information content (AvgIpc) is 3.41. The first-order valence-corrected chi connectivity index (χ1v) is 8.90. The Morgan fingerprint density at radius 3 is 2.37 bits per heavy atom. The molecule has 0 saturated heterocycles. The summed E-state index contributed by atoms with van der Waals surface area (Å²) in [7, 11) is 0. The fourth-order valence-corrected chi connectivity index (χ4v) is 2.93. The van der Waals surface area contributed by atoms with Gasteiger partial charge in [0.2, 0.25) is 0 Å². The number of para-hydroxylation sites is 1. The minimum Gasteiger partial charge on any atom is -0.352 e. The smallest absolute Gasteiger partial charge is 0.251 e. The maximum atomic E-state index is 12.3. The van der Waals surface area contributed by atoms with Gasteiger partial charge in [-0.25, -0.2) is 4.68 Å². The van der Waals surface area contributed by atoms with E-state index in [1.807, 2.05) is 101 Å². The topological polar surface area (TPSA) is 51.9 Å². The van der Waals surface area contributed by atoms with E-state index < -0.39 is 0 Å². The van der Waals surface area contributed by atoms with Crippen molar-refractivity contribution in [2.45, 2.75) is 6.42 Å². The SMILES string of the molecule is O=C(NCCc1cnn(-c2ccccc2)c1)c1ccc(-n2cccc2)cc1. The monoisotopic (exact) mass is 356 g/mol. The number of carbonyl (C=O) groups is 1. The third-order valence-electron chi connectivity index (χ3n) is 4.39. The number of rotatable bonds is 6. The van der Waals surface area contributed by atoms with Crippen LogP contribution in [0.15, 0.2) is 91.5 Å². The molecule has 2 aromatic carbocycles. The number of nitrogens with one attached hydrogen (secondary N) is 1. The lowest BCUT2D eigenvalue weighted by Gasteiger charge is -2.06. The minimum atomic E-state index is -0.0653. The van der Waals surface area contributed by atoms with E-state index in [0.29, 0.717) is 12.1 Å². The molecule has 0 aliphatic carbocycles. The highest BCUT2D eigenvalue weighted by Crippen LogP contribution is 2.10. The molecule has 0 spiro atoms. The second-order valence-corrected chi connectivity index (χ2v) is 6.27. The summed E-state index contributed by atoms with van der Waals surface area (Å²) in [6, 6.07) is 21.5. The van der Waals surface area contributed by atoms with Crippen molar-refractivity contribution < 1.29 is 4.79 Å². The van der Waals surface area contributed by atoms with Gasteiger partial charge in [-0.3, -0.25) is 4.79 Å². The first kappa shape index (κ1) is 16.8. The predicted octanol–water partition coefficient (Wildman–Crippen LogP) is 3.64. The zero-order valence-corrected chi connectivity index (χ0v) is 14.8. The van der Waals surface area contributed by atoms with Crippen molar-refractivity contribution in [1.82, 2.24) is 19.7 Å². The molecule has 5 nitrogen and oxygen atoms in total. The lowest BCUT2D eigenvalue weighted by atomic mass is 10.2. The molecular weight excluding hydrogens is 336 g/mol. The molecule has 134 valence electrons. The molecule has 0 atom stereocenters. The summed E-state index contributed by atoms with van der Waals surface area (Å²) in [4.78, 5) is 12.3. The molecule has 0 radical (unpaired) electrons. The van der Waals surface area contributed by atoms with E-state index in [9.17, 15) is 4.79 Å². The zero-order chi connectivity index (χ0) is 18.5. The van der Waals surface area contributed by atoms with Crippen LogP contribution in [0.25, 0.3) is 11.4 Å². The molecule has 4 rings (SSSR count). The summed E-state index contributed by atoms with van der Waals surface area (Å²) in [6.07, 6.45) is 8.52. The Labute approximate surface area is 157 Å². The Kier molecular flexibility index (Phi) is 4.83. The van der Waals surface area contributed by atoms with E-state index in [4.69, 9.17) is 0 Å². The van der Waals surface area contributed by atoms with Crippen molar-refractivity contribution in [3.05, 3.63) is 103 Å². The first-order valence-electron chi connectivity index (χ1n) is 8.90. The highest BCUT2D eigenvalue weighted by molar-refractivity contribution is 5.94. The van der Waals surface area contributed by atoms with Gasteiger partial charge in [0, 0.05) is 36.4 Å². The molecule has 1 N–H and O–H groups in total. The summed E-state index contributed by atoms with van der Waals surface area (Å²) in [6.45, 7) is 0.568. The van der Waals surface area contributed by atoms with Crippen LogP contribution in [-0.4, -0.2) is 26.8 Å². The fourth-order valence-electron chi connectivity index (χ4n) is 2.93. The van der Waals surface area contributed by atoms with Gasteiger partial charge >= 0.3 is 0 Å². The van der Waals surface area contributed by atoms with Gasteiger partial charge in [-0.2, -0.15) is 5.10 Å². The Bertz CT molecular complexity index is 1000. The van der Waals surface area contributed by atoms with Gasteiger partial charge in [0.1, 0.15) is 0 Å². The lowest BCUT2D eigenvalue weighted by Crippen LogP contribution is -2.25.